The van der Waals surface area contributed by atoms with Crippen LogP contribution in [0.5, 0.6) is 0 Å². The summed E-state index contributed by atoms with van der Waals surface area (Å²) in [4.78, 5) is 10.9. The summed E-state index contributed by atoms with van der Waals surface area (Å²) < 4.78 is 9.73. The van der Waals surface area contributed by atoms with Crippen molar-refractivity contribution in [2.24, 2.45) is 5.92 Å². The van der Waals surface area contributed by atoms with E-state index >= 15 is 0 Å². The van der Waals surface area contributed by atoms with Gasteiger partial charge in [0, 0.05) is 0 Å². The van der Waals surface area contributed by atoms with Gasteiger partial charge in [-0.2, -0.15) is 0 Å². The van der Waals surface area contributed by atoms with Crippen molar-refractivity contribution in [3.8, 4) is 0 Å². The molecule has 3 heteroatoms. The second kappa shape index (κ2) is 8.85. The number of ether oxygens (including phenoxy) is 2. The number of rotatable bonds is 7. The zero-order chi connectivity index (χ0) is 10.8. The first-order chi connectivity index (χ1) is 6.66. The summed E-state index contributed by atoms with van der Waals surface area (Å²) in [7, 11) is 0. The van der Waals surface area contributed by atoms with Gasteiger partial charge in [0.25, 0.3) is 0 Å². The van der Waals surface area contributed by atoms with E-state index in [0.717, 1.165) is 12.8 Å². The number of hydrogen-bond acceptors (Lipinski definition) is 3. The van der Waals surface area contributed by atoms with Gasteiger partial charge in [0.2, 0.25) is 0 Å². The quantitative estimate of drug-likeness (QED) is 0.469. The van der Waals surface area contributed by atoms with E-state index in [2.05, 4.69) is 6.92 Å². The van der Waals surface area contributed by atoms with Gasteiger partial charge in [-0.15, -0.1) is 0 Å². The predicted octanol–water partition coefficient (Wildman–Crippen LogP) is 3.38. The Kier molecular flexibility index (Phi) is 8.39. The molecule has 84 valence electrons. The molecule has 0 saturated carbocycles. The minimum atomic E-state index is -0.532. The third-order valence-electron chi connectivity index (χ3n) is 1.75. The summed E-state index contributed by atoms with van der Waals surface area (Å²) >= 11 is 0. The van der Waals surface area contributed by atoms with Gasteiger partial charge in [-0.1, -0.05) is 40.0 Å². The Morgan fingerprint density at radius 3 is 2.43 bits per heavy atom. The van der Waals surface area contributed by atoms with E-state index in [1.54, 1.807) is 0 Å². The highest BCUT2D eigenvalue weighted by Crippen LogP contribution is 2.00. The summed E-state index contributed by atoms with van der Waals surface area (Å²) in [5, 5.41) is 0. The third kappa shape index (κ3) is 9.36. The molecular weight excluding hydrogens is 180 g/mol. The fourth-order valence-corrected chi connectivity index (χ4v) is 0.961. The van der Waals surface area contributed by atoms with Crippen molar-refractivity contribution in [1.82, 2.24) is 0 Å². The molecule has 0 bridgehead atoms. The monoisotopic (exact) mass is 202 g/mol. The Bertz CT molecular complexity index is 143. The second-order valence-electron chi connectivity index (χ2n) is 3.86. The first kappa shape index (κ1) is 13.3. The Morgan fingerprint density at radius 1 is 1.14 bits per heavy atom. The van der Waals surface area contributed by atoms with E-state index in [1.807, 2.05) is 13.8 Å². The third-order valence-corrected chi connectivity index (χ3v) is 1.75. The molecule has 0 rings (SSSR count). The predicted molar refractivity (Wildman–Crippen MR) is 56.3 cm³/mol. The van der Waals surface area contributed by atoms with Crippen molar-refractivity contribution in [3.05, 3.63) is 0 Å². The normalized spacial score (nSPS) is 10.3. The lowest BCUT2D eigenvalue weighted by Crippen LogP contribution is -2.12. The van der Waals surface area contributed by atoms with Gasteiger partial charge in [0.15, 0.2) is 0 Å². The minimum Gasteiger partial charge on any atom is -0.434 e. The fraction of sp³-hybridized carbons (Fsp3) is 0.909. The number of carbonyl (C=O) groups is 1. The lowest BCUT2D eigenvalue weighted by Gasteiger charge is -2.07. The molecular formula is C11H22O3. The molecule has 0 radical (unpaired) electrons. The van der Waals surface area contributed by atoms with Crippen molar-refractivity contribution in [2.45, 2.75) is 46.5 Å². The Labute approximate surface area is 86.8 Å². The standard InChI is InChI=1S/C11H22O3/c1-4-5-6-7-8-13-11(12)14-9-10(2)3/h10H,4-9H2,1-3H3. The maximum absolute atomic E-state index is 10.9. The average molecular weight is 202 g/mol. The fourth-order valence-electron chi connectivity index (χ4n) is 0.961. The minimum absolute atomic E-state index is 0.364. The highest BCUT2D eigenvalue weighted by molar-refractivity contribution is 5.59. The van der Waals surface area contributed by atoms with E-state index < -0.39 is 6.16 Å². The summed E-state index contributed by atoms with van der Waals surface area (Å²) in [6.45, 7) is 7.06. The van der Waals surface area contributed by atoms with Crippen LogP contribution in [0.2, 0.25) is 0 Å². The highest BCUT2D eigenvalue weighted by Gasteiger charge is 2.04. The molecule has 0 heterocycles. The molecule has 0 N–H and O–H groups in total. The molecule has 0 aliphatic rings. The molecule has 0 amide bonds. The maximum Gasteiger partial charge on any atom is 0.508 e. The number of hydrogen-bond donors (Lipinski definition) is 0. The van der Waals surface area contributed by atoms with Gasteiger partial charge >= 0.3 is 6.16 Å². The Balaban J connectivity index is 3.18. The molecule has 14 heavy (non-hydrogen) atoms. The van der Waals surface area contributed by atoms with Crippen LogP contribution in [0.1, 0.15) is 46.5 Å². The zero-order valence-corrected chi connectivity index (χ0v) is 9.54. The van der Waals surface area contributed by atoms with E-state index in [4.69, 9.17) is 9.47 Å². The van der Waals surface area contributed by atoms with Crippen LogP contribution in [0.3, 0.4) is 0 Å². The van der Waals surface area contributed by atoms with Gasteiger partial charge in [0.1, 0.15) is 0 Å². The number of unbranched alkanes of at least 4 members (excludes halogenated alkanes) is 3. The number of carbonyl (C=O) groups excluding carboxylic acids is 1. The lowest BCUT2D eigenvalue weighted by atomic mass is 10.2. The first-order valence-corrected chi connectivity index (χ1v) is 5.46. The van der Waals surface area contributed by atoms with Crippen LogP contribution in [-0.2, 0) is 9.47 Å². The van der Waals surface area contributed by atoms with Crippen molar-refractivity contribution >= 4 is 6.16 Å². The van der Waals surface area contributed by atoms with Gasteiger partial charge in [-0.05, 0) is 12.3 Å². The van der Waals surface area contributed by atoms with Crippen LogP contribution in [0.15, 0.2) is 0 Å². The van der Waals surface area contributed by atoms with Gasteiger partial charge < -0.3 is 9.47 Å². The van der Waals surface area contributed by atoms with Crippen molar-refractivity contribution in [2.75, 3.05) is 13.2 Å². The van der Waals surface area contributed by atoms with Gasteiger partial charge in [-0.3, -0.25) is 0 Å². The molecule has 0 aromatic rings. The first-order valence-electron chi connectivity index (χ1n) is 5.46. The topological polar surface area (TPSA) is 35.5 Å². The lowest BCUT2D eigenvalue weighted by molar-refractivity contribution is 0.0465. The SMILES string of the molecule is CCCCCCOC(=O)OCC(C)C. The molecule has 0 atom stereocenters. The van der Waals surface area contributed by atoms with Crippen LogP contribution in [-0.4, -0.2) is 19.4 Å². The summed E-state index contributed by atoms with van der Waals surface area (Å²) in [5.74, 6) is 0.364. The van der Waals surface area contributed by atoms with Crippen molar-refractivity contribution in [3.63, 3.8) is 0 Å². The molecule has 0 aromatic heterocycles. The van der Waals surface area contributed by atoms with Crippen LogP contribution in [0.4, 0.5) is 4.79 Å². The highest BCUT2D eigenvalue weighted by atomic mass is 16.7. The molecule has 0 saturated heterocycles. The van der Waals surface area contributed by atoms with Crippen LogP contribution >= 0.6 is 0 Å². The van der Waals surface area contributed by atoms with E-state index in [-0.39, 0.29) is 0 Å². The Hall–Kier alpha value is -0.730. The average Bonchev–Trinajstić information content (AvgIpc) is 2.14. The zero-order valence-electron chi connectivity index (χ0n) is 9.54. The summed E-state index contributed by atoms with van der Waals surface area (Å²) in [5.41, 5.74) is 0. The molecule has 0 fully saturated rings. The molecule has 0 spiro atoms. The summed E-state index contributed by atoms with van der Waals surface area (Å²) in [6, 6.07) is 0. The van der Waals surface area contributed by atoms with E-state index in [1.165, 1.54) is 12.8 Å². The van der Waals surface area contributed by atoms with E-state index in [9.17, 15) is 4.79 Å². The maximum atomic E-state index is 10.9. The summed E-state index contributed by atoms with van der Waals surface area (Å²) in [6.07, 6.45) is 3.91. The van der Waals surface area contributed by atoms with Crippen LogP contribution in [0.25, 0.3) is 0 Å². The van der Waals surface area contributed by atoms with Crippen LogP contribution < -0.4 is 0 Å². The molecule has 0 aromatic carbocycles. The molecule has 0 aliphatic heterocycles. The van der Waals surface area contributed by atoms with Gasteiger partial charge in [-0.25, -0.2) is 4.79 Å². The largest absolute Gasteiger partial charge is 0.508 e. The smallest absolute Gasteiger partial charge is 0.434 e. The van der Waals surface area contributed by atoms with Crippen LogP contribution in [0, 0.1) is 5.92 Å². The van der Waals surface area contributed by atoms with E-state index in [0.29, 0.717) is 19.1 Å². The Morgan fingerprint density at radius 2 is 1.86 bits per heavy atom. The van der Waals surface area contributed by atoms with Crippen molar-refractivity contribution < 1.29 is 14.3 Å². The molecule has 0 unspecified atom stereocenters. The van der Waals surface area contributed by atoms with Gasteiger partial charge in [0.05, 0.1) is 13.2 Å². The second-order valence-corrected chi connectivity index (χ2v) is 3.86. The van der Waals surface area contributed by atoms with Crippen molar-refractivity contribution in [1.29, 1.82) is 0 Å². The molecule has 0 aliphatic carbocycles. The molecule has 3 nitrogen and oxygen atoms in total.